The Labute approximate surface area is 163 Å². The third-order valence-electron chi connectivity index (χ3n) is 5.30. The summed E-state index contributed by atoms with van der Waals surface area (Å²) in [6, 6.07) is 9.82. The van der Waals surface area contributed by atoms with Crippen molar-refractivity contribution in [2.45, 2.75) is 33.3 Å². The molecule has 1 aliphatic heterocycles. The van der Waals surface area contributed by atoms with E-state index in [-0.39, 0.29) is 11.9 Å². The Bertz CT molecular complexity index is 947. The topological polar surface area (TPSA) is 55.3 Å². The maximum atomic E-state index is 12.4. The van der Waals surface area contributed by atoms with E-state index in [0.29, 0.717) is 6.61 Å². The Morgan fingerprint density at radius 1 is 1.19 bits per heavy atom. The molecule has 0 unspecified atom stereocenters. The number of carbonyl (C=O) groups excluding carboxylic acids is 1. The van der Waals surface area contributed by atoms with Crippen LogP contribution in [0.1, 0.15) is 28.8 Å². The quantitative estimate of drug-likeness (QED) is 0.632. The second kappa shape index (κ2) is 7.64. The van der Waals surface area contributed by atoms with Crippen molar-refractivity contribution < 1.29 is 9.53 Å². The fourth-order valence-electron chi connectivity index (χ4n) is 3.58. The summed E-state index contributed by atoms with van der Waals surface area (Å²) in [7, 11) is 0. The molecule has 27 heavy (non-hydrogen) atoms. The van der Waals surface area contributed by atoms with Gasteiger partial charge < -0.3 is 9.64 Å². The van der Waals surface area contributed by atoms with E-state index >= 15 is 0 Å². The van der Waals surface area contributed by atoms with Crippen LogP contribution >= 0.6 is 11.3 Å². The second-order valence-electron chi connectivity index (χ2n) is 7.02. The predicted octanol–water partition coefficient (Wildman–Crippen LogP) is 4.27. The summed E-state index contributed by atoms with van der Waals surface area (Å²) < 4.78 is 5.52. The molecule has 4 rings (SSSR count). The number of hydrogen-bond acceptors (Lipinski definition) is 6. The van der Waals surface area contributed by atoms with Crippen LogP contribution in [0.3, 0.4) is 0 Å². The van der Waals surface area contributed by atoms with Crippen molar-refractivity contribution in [1.29, 1.82) is 0 Å². The van der Waals surface area contributed by atoms with Crippen molar-refractivity contribution in [2.24, 2.45) is 5.92 Å². The maximum absolute atomic E-state index is 12.4. The first kappa shape index (κ1) is 17.9. The van der Waals surface area contributed by atoms with Gasteiger partial charge in [0.1, 0.15) is 23.6 Å². The Morgan fingerprint density at radius 2 is 1.93 bits per heavy atom. The number of piperidine rings is 1. The number of carbonyl (C=O) groups is 1. The van der Waals surface area contributed by atoms with Gasteiger partial charge in [0.2, 0.25) is 0 Å². The molecule has 1 fully saturated rings. The zero-order valence-corrected chi connectivity index (χ0v) is 16.5. The van der Waals surface area contributed by atoms with Gasteiger partial charge in [-0.25, -0.2) is 9.97 Å². The Balaban J connectivity index is 1.40. The Kier molecular flexibility index (Phi) is 5.07. The fourth-order valence-corrected chi connectivity index (χ4v) is 4.57. The van der Waals surface area contributed by atoms with Crippen molar-refractivity contribution in [3.63, 3.8) is 0 Å². The molecule has 140 valence electrons. The van der Waals surface area contributed by atoms with E-state index in [2.05, 4.69) is 28.7 Å². The smallest absolute Gasteiger partial charge is 0.309 e. The molecule has 2 aromatic heterocycles. The van der Waals surface area contributed by atoms with Crippen LogP contribution in [0.25, 0.3) is 10.2 Å². The van der Waals surface area contributed by atoms with Crippen LogP contribution in [-0.4, -0.2) is 29.0 Å². The average Bonchev–Trinajstić information content (AvgIpc) is 3.01. The number of anilines is 1. The highest BCUT2D eigenvalue weighted by molar-refractivity contribution is 7.18. The van der Waals surface area contributed by atoms with Crippen LogP contribution < -0.4 is 4.90 Å². The molecule has 0 radical (unpaired) electrons. The molecule has 0 atom stereocenters. The first-order valence-corrected chi connectivity index (χ1v) is 10.1. The number of esters is 1. The highest BCUT2D eigenvalue weighted by atomic mass is 32.1. The summed E-state index contributed by atoms with van der Waals surface area (Å²) >= 11 is 1.71. The average molecular weight is 382 g/mol. The third-order valence-corrected chi connectivity index (χ3v) is 6.41. The molecule has 6 heteroatoms. The van der Waals surface area contributed by atoms with Gasteiger partial charge in [0.15, 0.2) is 0 Å². The number of nitrogens with zero attached hydrogens (tertiary/aromatic N) is 3. The van der Waals surface area contributed by atoms with Crippen LogP contribution in [0.4, 0.5) is 5.82 Å². The molecular formula is C21H23N3O2S. The van der Waals surface area contributed by atoms with E-state index in [1.807, 2.05) is 30.3 Å². The summed E-state index contributed by atoms with van der Waals surface area (Å²) in [5, 5.41) is 1.16. The van der Waals surface area contributed by atoms with E-state index in [9.17, 15) is 4.79 Å². The minimum atomic E-state index is -0.0890. The molecule has 1 aliphatic rings. The molecule has 0 spiro atoms. The van der Waals surface area contributed by atoms with E-state index < -0.39 is 0 Å². The van der Waals surface area contributed by atoms with E-state index in [4.69, 9.17) is 4.74 Å². The molecule has 3 heterocycles. The lowest BCUT2D eigenvalue weighted by atomic mass is 9.96. The highest BCUT2D eigenvalue weighted by Gasteiger charge is 2.28. The number of rotatable bonds is 4. The summed E-state index contributed by atoms with van der Waals surface area (Å²) in [5.74, 6) is 0.874. The van der Waals surface area contributed by atoms with Gasteiger partial charge in [0, 0.05) is 18.0 Å². The van der Waals surface area contributed by atoms with Crippen molar-refractivity contribution in [3.05, 3.63) is 52.7 Å². The van der Waals surface area contributed by atoms with Gasteiger partial charge in [-0.2, -0.15) is 0 Å². The van der Waals surface area contributed by atoms with Gasteiger partial charge in [0.05, 0.1) is 11.3 Å². The first-order chi connectivity index (χ1) is 13.1. The SMILES string of the molecule is Cc1sc2ncnc(N3CCC(C(=O)OCc4ccccc4)CC3)c2c1C. The minimum absolute atomic E-state index is 0.0346. The van der Waals surface area contributed by atoms with Crippen LogP contribution in [-0.2, 0) is 16.1 Å². The van der Waals surface area contributed by atoms with Gasteiger partial charge in [-0.05, 0) is 37.8 Å². The molecule has 1 saturated heterocycles. The first-order valence-electron chi connectivity index (χ1n) is 9.29. The summed E-state index contributed by atoms with van der Waals surface area (Å²) in [6.45, 7) is 6.23. The number of fused-ring (bicyclic) bond motifs is 1. The molecule has 5 nitrogen and oxygen atoms in total. The summed E-state index contributed by atoms with van der Waals surface area (Å²) in [5.41, 5.74) is 2.28. The number of benzene rings is 1. The monoisotopic (exact) mass is 381 g/mol. The lowest BCUT2D eigenvalue weighted by molar-refractivity contribution is -0.150. The van der Waals surface area contributed by atoms with Gasteiger partial charge >= 0.3 is 5.97 Å². The van der Waals surface area contributed by atoms with Crippen molar-refractivity contribution in [2.75, 3.05) is 18.0 Å². The largest absolute Gasteiger partial charge is 0.461 e. The van der Waals surface area contributed by atoms with Crippen LogP contribution in [0.5, 0.6) is 0 Å². The van der Waals surface area contributed by atoms with Crippen LogP contribution in [0.15, 0.2) is 36.7 Å². The molecule has 0 amide bonds. The van der Waals surface area contributed by atoms with Crippen molar-refractivity contribution in [3.8, 4) is 0 Å². The Morgan fingerprint density at radius 3 is 2.67 bits per heavy atom. The van der Waals surface area contributed by atoms with E-state index in [0.717, 1.165) is 47.5 Å². The number of aryl methyl sites for hydroxylation is 2. The standard InChI is InChI=1S/C21H23N3O2S/c1-14-15(2)27-20-18(14)19(22-13-23-20)24-10-8-17(9-11-24)21(25)26-12-16-6-4-3-5-7-16/h3-7,13,17H,8-12H2,1-2H3. The van der Waals surface area contributed by atoms with E-state index in [1.54, 1.807) is 17.7 Å². The van der Waals surface area contributed by atoms with Gasteiger partial charge in [-0.15, -0.1) is 11.3 Å². The fraction of sp³-hybridized carbons (Fsp3) is 0.381. The number of thiophene rings is 1. The molecule has 0 aliphatic carbocycles. The van der Waals surface area contributed by atoms with Gasteiger partial charge in [0.25, 0.3) is 0 Å². The Hall–Kier alpha value is -2.47. The van der Waals surface area contributed by atoms with Gasteiger partial charge in [-0.3, -0.25) is 4.79 Å². The molecule has 0 saturated carbocycles. The van der Waals surface area contributed by atoms with Gasteiger partial charge in [-0.1, -0.05) is 30.3 Å². The molecule has 0 bridgehead atoms. The molecule has 0 N–H and O–H groups in total. The van der Waals surface area contributed by atoms with Crippen molar-refractivity contribution in [1.82, 2.24) is 9.97 Å². The lowest BCUT2D eigenvalue weighted by Crippen LogP contribution is -2.37. The molecule has 1 aromatic carbocycles. The predicted molar refractivity (Wildman–Crippen MR) is 108 cm³/mol. The zero-order valence-electron chi connectivity index (χ0n) is 15.6. The number of ether oxygens (including phenoxy) is 1. The molecular weight excluding hydrogens is 358 g/mol. The van der Waals surface area contributed by atoms with Crippen LogP contribution in [0.2, 0.25) is 0 Å². The lowest BCUT2D eigenvalue weighted by Gasteiger charge is -2.32. The van der Waals surface area contributed by atoms with Crippen molar-refractivity contribution >= 4 is 33.3 Å². The third kappa shape index (κ3) is 3.67. The summed E-state index contributed by atoms with van der Waals surface area (Å²) in [4.78, 5) is 26.0. The second-order valence-corrected chi connectivity index (χ2v) is 8.22. The zero-order chi connectivity index (χ0) is 18.8. The highest BCUT2D eigenvalue weighted by Crippen LogP contribution is 2.35. The minimum Gasteiger partial charge on any atom is -0.461 e. The normalized spacial score (nSPS) is 15.3. The number of aromatic nitrogens is 2. The van der Waals surface area contributed by atoms with E-state index in [1.165, 1.54) is 10.4 Å². The number of hydrogen-bond donors (Lipinski definition) is 0. The van der Waals surface area contributed by atoms with Crippen LogP contribution in [0, 0.1) is 19.8 Å². The maximum Gasteiger partial charge on any atom is 0.309 e. The molecule has 3 aromatic rings. The summed E-state index contributed by atoms with van der Waals surface area (Å²) in [6.07, 6.45) is 3.23.